The molecule has 4 rings (SSSR count). The number of carbonyl (C=O) groups is 1. The zero-order valence-electron chi connectivity index (χ0n) is 20.0. The topological polar surface area (TPSA) is 46.9 Å². The van der Waals surface area contributed by atoms with E-state index in [4.69, 9.17) is 0 Å². The van der Waals surface area contributed by atoms with Crippen LogP contribution in [-0.2, 0) is 35.8 Å². The van der Waals surface area contributed by atoms with Crippen LogP contribution in [0.3, 0.4) is 0 Å². The zero-order chi connectivity index (χ0) is 24.7. The van der Waals surface area contributed by atoms with Gasteiger partial charge in [-0.1, -0.05) is 39.0 Å². The summed E-state index contributed by atoms with van der Waals surface area (Å²) in [7, 11) is 0. The Hall–Kier alpha value is -3.09. The Balaban J connectivity index is 1.55. The van der Waals surface area contributed by atoms with E-state index in [1.807, 2.05) is 39.8 Å². The van der Waals surface area contributed by atoms with E-state index < -0.39 is 11.7 Å². The summed E-state index contributed by atoms with van der Waals surface area (Å²) in [6.45, 7) is 8.16. The number of rotatable bonds is 5. The summed E-state index contributed by atoms with van der Waals surface area (Å²) in [5.74, 6) is -0.411. The van der Waals surface area contributed by atoms with Crippen molar-refractivity contribution in [1.82, 2.24) is 15.1 Å². The van der Waals surface area contributed by atoms with E-state index >= 15 is 0 Å². The minimum absolute atomic E-state index is 0.101. The molecular formula is C27H30F3N3O. The molecule has 1 aromatic heterocycles. The van der Waals surface area contributed by atoms with Crippen LogP contribution < -0.4 is 5.32 Å². The Morgan fingerprint density at radius 1 is 1.03 bits per heavy atom. The van der Waals surface area contributed by atoms with Gasteiger partial charge in [0.15, 0.2) is 0 Å². The smallest absolute Gasteiger partial charge is 0.350 e. The quantitative estimate of drug-likeness (QED) is 0.491. The van der Waals surface area contributed by atoms with Gasteiger partial charge in [-0.3, -0.25) is 4.79 Å². The van der Waals surface area contributed by atoms with Crippen molar-refractivity contribution in [2.24, 2.45) is 0 Å². The van der Waals surface area contributed by atoms with Gasteiger partial charge in [0.05, 0.1) is 35.1 Å². The van der Waals surface area contributed by atoms with Crippen molar-refractivity contribution < 1.29 is 18.0 Å². The predicted molar refractivity (Wildman–Crippen MR) is 126 cm³/mol. The van der Waals surface area contributed by atoms with Crippen molar-refractivity contribution in [1.29, 1.82) is 0 Å². The first-order chi connectivity index (χ1) is 15.9. The molecule has 2 aromatic carbocycles. The molecule has 0 saturated heterocycles. The van der Waals surface area contributed by atoms with E-state index in [2.05, 4.69) is 22.5 Å². The average molecular weight is 470 g/mol. The summed E-state index contributed by atoms with van der Waals surface area (Å²) in [5, 5.41) is 7.64. The van der Waals surface area contributed by atoms with Crippen LogP contribution in [0.1, 0.15) is 73.7 Å². The van der Waals surface area contributed by atoms with Crippen LogP contribution >= 0.6 is 0 Å². The molecule has 0 radical (unpaired) electrons. The van der Waals surface area contributed by atoms with Crippen molar-refractivity contribution in [2.45, 2.75) is 71.0 Å². The summed E-state index contributed by atoms with van der Waals surface area (Å²) in [4.78, 5) is 13.0. The summed E-state index contributed by atoms with van der Waals surface area (Å²) < 4.78 is 40.6. The van der Waals surface area contributed by atoms with E-state index in [9.17, 15) is 18.0 Å². The number of nitrogens with one attached hydrogen (secondary N) is 1. The van der Waals surface area contributed by atoms with Gasteiger partial charge in [-0.15, -0.1) is 0 Å². The van der Waals surface area contributed by atoms with Gasteiger partial charge in [-0.2, -0.15) is 18.3 Å². The molecule has 1 aliphatic carbocycles. The number of nitrogens with zero attached hydrogens (tertiary/aromatic N) is 2. The van der Waals surface area contributed by atoms with Crippen LogP contribution in [0, 0.1) is 0 Å². The van der Waals surface area contributed by atoms with Crippen molar-refractivity contribution in [2.75, 3.05) is 0 Å². The maximum absolute atomic E-state index is 13.0. The van der Waals surface area contributed by atoms with Crippen molar-refractivity contribution >= 4 is 5.91 Å². The van der Waals surface area contributed by atoms with Crippen molar-refractivity contribution in [3.8, 4) is 5.69 Å². The van der Waals surface area contributed by atoms with E-state index in [1.165, 1.54) is 23.3 Å². The highest BCUT2D eigenvalue weighted by Crippen LogP contribution is 2.31. The highest BCUT2D eigenvalue weighted by Gasteiger charge is 2.30. The number of benzene rings is 2. The van der Waals surface area contributed by atoms with Crippen LogP contribution in [0.2, 0.25) is 0 Å². The Morgan fingerprint density at radius 2 is 1.71 bits per heavy atom. The summed E-state index contributed by atoms with van der Waals surface area (Å²) in [6.07, 6.45) is -1.09. The zero-order valence-corrected chi connectivity index (χ0v) is 20.0. The molecule has 7 heteroatoms. The maximum atomic E-state index is 13.0. The second-order valence-electron chi connectivity index (χ2n) is 10.0. The van der Waals surface area contributed by atoms with E-state index in [0.717, 1.165) is 42.7 Å². The fraction of sp³-hybridized carbons (Fsp3) is 0.407. The molecule has 1 amide bonds. The lowest BCUT2D eigenvalue weighted by Gasteiger charge is -2.15. The summed E-state index contributed by atoms with van der Waals surface area (Å²) in [5.41, 5.74) is 4.73. The third kappa shape index (κ3) is 5.03. The lowest BCUT2D eigenvalue weighted by Crippen LogP contribution is -2.28. The number of halogens is 3. The molecule has 0 spiro atoms. The molecule has 1 N–H and O–H groups in total. The number of aryl methyl sites for hydroxylation is 2. The number of fused-ring (bicyclic) bond motifs is 1. The third-order valence-corrected chi connectivity index (χ3v) is 6.45. The molecule has 1 heterocycles. The molecule has 4 nitrogen and oxygen atoms in total. The second kappa shape index (κ2) is 8.93. The lowest BCUT2D eigenvalue weighted by atomic mass is 9.92. The SMILES string of the molecule is CC(C(=O)NCc1cc(C(C)(C)C)nn1-c1ccc(C(F)(F)F)cc1)c1ccc2c(c1)CCC2. The van der Waals surface area contributed by atoms with E-state index in [1.54, 1.807) is 4.68 Å². The Bertz CT molecular complexity index is 1190. The lowest BCUT2D eigenvalue weighted by molar-refractivity contribution is -0.137. The van der Waals surface area contributed by atoms with Gasteiger partial charge in [0, 0.05) is 5.41 Å². The van der Waals surface area contributed by atoms with Gasteiger partial charge in [-0.25, -0.2) is 4.68 Å². The molecule has 0 bridgehead atoms. The van der Waals surface area contributed by atoms with Gasteiger partial charge in [-0.05, 0) is 73.2 Å². The monoisotopic (exact) mass is 469 g/mol. The van der Waals surface area contributed by atoms with Crippen LogP contribution in [0.25, 0.3) is 5.69 Å². The highest BCUT2D eigenvalue weighted by atomic mass is 19.4. The normalized spacial score (nSPS) is 14.7. The fourth-order valence-corrected chi connectivity index (χ4v) is 4.27. The molecule has 0 aliphatic heterocycles. The summed E-state index contributed by atoms with van der Waals surface area (Å²) in [6, 6.07) is 13.1. The summed E-state index contributed by atoms with van der Waals surface area (Å²) >= 11 is 0. The van der Waals surface area contributed by atoms with Gasteiger partial charge >= 0.3 is 6.18 Å². The molecule has 3 aromatic rings. The maximum Gasteiger partial charge on any atom is 0.416 e. The molecule has 1 aliphatic rings. The van der Waals surface area contributed by atoms with Gasteiger partial charge in [0.25, 0.3) is 0 Å². The molecule has 34 heavy (non-hydrogen) atoms. The number of hydrogen-bond donors (Lipinski definition) is 1. The molecule has 0 fully saturated rings. The number of hydrogen-bond acceptors (Lipinski definition) is 2. The first-order valence-electron chi connectivity index (χ1n) is 11.6. The molecule has 180 valence electrons. The minimum atomic E-state index is -4.40. The first kappa shape index (κ1) is 24.0. The molecule has 1 atom stereocenters. The minimum Gasteiger partial charge on any atom is -0.350 e. The second-order valence-corrected chi connectivity index (χ2v) is 10.0. The Kier molecular flexibility index (Phi) is 6.32. The number of aromatic nitrogens is 2. The predicted octanol–water partition coefficient (Wildman–Crippen LogP) is 6.10. The van der Waals surface area contributed by atoms with Crippen LogP contribution in [-0.4, -0.2) is 15.7 Å². The number of carbonyl (C=O) groups excluding carboxylic acids is 1. The van der Waals surface area contributed by atoms with E-state index in [-0.39, 0.29) is 23.8 Å². The van der Waals surface area contributed by atoms with Crippen LogP contribution in [0.15, 0.2) is 48.5 Å². The highest BCUT2D eigenvalue weighted by molar-refractivity contribution is 5.83. The Labute approximate surface area is 198 Å². The third-order valence-electron chi connectivity index (χ3n) is 6.45. The first-order valence-corrected chi connectivity index (χ1v) is 11.6. The Morgan fingerprint density at radius 3 is 2.35 bits per heavy atom. The van der Waals surface area contributed by atoms with Crippen LogP contribution in [0.5, 0.6) is 0 Å². The van der Waals surface area contributed by atoms with Crippen LogP contribution in [0.4, 0.5) is 13.2 Å². The van der Waals surface area contributed by atoms with Gasteiger partial charge < -0.3 is 5.32 Å². The number of alkyl halides is 3. The standard InChI is InChI=1S/C27H30F3N3O/c1-17(19-9-8-18-6-5-7-20(18)14-19)25(34)31-16-23-15-24(26(2,3)4)32-33(23)22-12-10-21(11-13-22)27(28,29)30/h8-15,17H,5-7,16H2,1-4H3,(H,31,34). The molecule has 1 unspecified atom stereocenters. The van der Waals surface area contributed by atoms with Crippen molar-refractivity contribution in [3.05, 3.63) is 82.2 Å². The average Bonchev–Trinajstić information content (AvgIpc) is 3.42. The van der Waals surface area contributed by atoms with E-state index in [0.29, 0.717) is 11.4 Å². The largest absolute Gasteiger partial charge is 0.416 e. The molecule has 0 saturated carbocycles. The van der Waals surface area contributed by atoms with Gasteiger partial charge in [0.1, 0.15) is 0 Å². The van der Waals surface area contributed by atoms with Gasteiger partial charge in [0.2, 0.25) is 5.91 Å². The molecular weight excluding hydrogens is 439 g/mol. The fourth-order valence-electron chi connectivity index (χ4n) is 4.27. The van der Waals surface area contributed by atoms with Crippen molar-refractivity contribution in [3.63, 3.8) is 0 Å². The number of amides is 1.